The molecule has 1 saturated carbocycles. The summed E-state index contributed by atoms with van der Waals surface area (Å²) in [5.41, 5.74) is 7.56. The maximum atomic E-state index is 12.0. The van der Waals surface area contributed by atoms with Gasteiger partial charge in [-0.2, -0.15) is 0 Å². The SMILES string of the molecule is CC(=O)N(Cc1ccc(NC(=O)C(C)C(C)N)cc1)C1CC1.Cl. The van der Waals surface area contributed by atoms with E-state index in [2.05, 4.69) is 5.32 Å². The highest BCUT2D eigenvalue weighted by atomic mass is 35.5. The summed E-state index contributed by atoms with van der Waals surface area (Å²) in [6, 6.07) is 7.86. The lowest BCUT2D eigenvalue weighted by Gasteiger charge is -2.21. The summed E-state index contributed by atoms with van der Waals surface area (Å²) in [6.45, 7) is 5.88. The normalized spacial score (nSPS) is 16.0. The van der Waals surface area contributed by atoms with Crippen molar-refractivity contribution in [3.8, 4) is 0 Å². The first-order valence-electron chi connectivity index (χ1n) is 7.81. The first kappa shape index (κ1) is 19.5. The van der Waals surface area contributed by atoms with Gasteiger partial charge in [-0.25, -0.2) is 0 Å². The Morgan fingerprint density at radius 1 is 1.26 bits per heavy atom. The van der Waals surface area contributed by atoms with Crippen molar-refractivity contribution >= 4 is 29.9 Å². The summed E-state index contributed by atoms with van der Waals surface area (Å²) < 4.78 is 0. The van der Waals surface area contributed by atoms with Gasteiger partial charge >= 0.3 is 0 Å². The molecule has 1 aromatic carbocycles. The lowest BCUT2D eigenvalue weighted by molar-refractivity contribution is -0.130. The third kappa shape index (κ3) is 5.52. The van der Waals surface area contributed by atoms with E-state index in [1.54, 1.807) is 6.92 Å². The number of anilines is 1. The van der Waals surface area contributed by atoms with Crippen molar-refractivity contribution in [3.05, 3.63) is 29.8 Å². The number of hydrogen-bond donors (Lipinski definition) is 2. The second-order valence-corrected chi connectivity index (χ2v) is 6.21. The molecule has 1 fully saturated rings. The van der Waals surface area contributed by atoms with Gasteiger partial charge in [0, 0.05) is 31.2 Å². The molecule has 0 saturated heterocycles. The van der Waals surface area contributed by atoms with Gasteiger partial charge < -0.3 is 16.0 Å². The Morgan fingerprint density at radius 3 is 2.26 bits per heavy atom. The van der Waals surface area contributed by atoms with Crippen LogP contribution in [0.1, 0.15) is 39.2 Å². The average molecular weight is 340 g/mol. The maximum absolute atomic E-state index is 12.0. The molecule has 1 aromatic rings. The van der Waals surface area contributed by atoms with Gasteiger partial charge in [0.2, 0.25) is 11.8 Å². The highest BCUT2D eigenvalue weighted by molar-refractivity contribution is 5.92. The minimum absolute atomic E-state index is 0. The quantitative estimate of drug-likeness (QED) is 0.836. The highest BCUT2D eigenvalue weighted by Gasteiger charge is 2.30. The third-order valence-electron chi connectivity index (χ3n) is 4.17. The van der Waals surface area contributed by atoms with Crippen LogP contribution in [0.3, 0.4) is 0 Å². The molecule has 2 rings (SSSR count). The van der Waals surface area contributed by atoms with E-state index in [0.717, 1.165) is 24.1 Å². The predicted octanol–water partition coefficient (Wildman–Crippen LogP) is 2.54. The van der Waals surface area contributed by atoms with Crippen molar-refractivity contribution in [2.24, 2.45) is 11.7 Å². The van der Waals surface area contributed by atoms with Crippen molar-refractivity contribution in [2.75, 3.05) is 5.32 Å². The molecule has 0 spiro atoms. The van der Waals surface area contributed by atoms with Crippen molar-refractivity contribution in [2.45, 2.75) is 52.2 Å². The van der Waals surface area contributed by atoms with E-state index >= 15 is 0 Å². The van der Waals surface area contributed by atoms with Gasteiger partial charge in [-0.05, 0) is 37.5 Å². The number of nitrogens with zero attached hydrogens (tertiary/aromatic N) is 1. The van der Waals surface area contributed by atoms with Crippen molar-refractivity contribution in [1.29, 1.82) is 0 Å². The van der Waals surface area contributed by atoms with Gasteiger partial charge in [-0.1, -0.05) is 19.1 Å². The van der Waals surface area contributed by atoms with E-state index < -0.39 is 0 Å². The van der Waals surface area contributed by atoms with E-state index in [0.29, 0.717) is 12.6 Å². The van der Waals surface area contributed by atoms with E-state index in [-0.39, 0.29) is 36.2 Å². The maximum Gasteiger partial charge on any atom is 0.228 e. The summed E-state index contributed by atoms with van der Waals surface area (Å²) >= 11 is 0. The Balaban J connectivity index is 0.00000264. The summed E-state index contributed by atoms with van der Waals surface area (Å²) in [4.78, 5) is 25.5. The molecule has 0 aromatic heterocycles. The molecule has 0 heterocycles. The molecule has 1 aliphatic carbocycles. The molecular formula is C17H26ClN3O2. The molecule has 5 nitrogen and oxygen atoms in total. The fraction of sp³-hybridized carbons (Fsp3) is 0.529. The van der Waals surface area contributed by atoms with Crippen molar-refractivity contribution < 1.29 is 9.59 Å². The van der Waals surface area contributed by atoms with Gasteiger partial charge in [0.05, 0.1) is 5.92 Å². The Kier molecular flexibility index (Phi) is 7.03. The molecule has 0 aliphatic heterocycles. The van der Waals surface area contributed by atoms with Crippen LogP contribution in [-0.2, 0) is 16.1 Å². The summed E-state index contributed by atoms with van der Waals surface area (Å²) in [7, 11) is 0. The van der Waals surface area contributed by atoms with Crippen molar-refractivity contribution in [1.82, 2.24) is 4.90 Å². The minimum Gasteiger partial charge on any atom is -0.336 e. The number of carbonyl (C=O) groups excluding carboxylic acids is 2. The fourth-order valence-corrected chi connectivity index (χ4v) is 2.27. The van der Waals surface area contributed by atoms with Crippen LogP contribution in [0.5, 0.6) is 0 Å². The Labute approximate surface area is 144 Å². The van der Waals surface area contributed by atoms with Crippen LogP contribution < -0.4 is 11.1 Å². The summed E-state index contributed by atoms with van der Waals surface area (Å²) in [6.07, 6.45) is 2.20. The van der Waals surface area contributed by atoms with Gasteiger partial charge in [0.25, 0.3) is 0 Å². The monoisotopic (exact) mass is 339 g/mol. The van der Waals surface area contributed by atoms with E-state index in [4.69, 9.17) is 5.73 Å². The van der Waals surface area contributed by atoms with Crippen LogP contribution in [0.15, 0.2) is 24.3 Å². The molecule has 2 unspecified atom stereocenters. The standard InChI is InChI=1S/C17H25N3O2.ClH/c1-11(12(2)18)17(22)19-15-6-4-14(5-7-15)10-20(13(3)21)16-8-9-16;/h4-7,11-12,16H,8-10,18H2,1-3H3,(H,19,22);1H. The predicted molar refractivity (Wildman–Crippen MR) is 94.4 cm³/mol. The summed E-state index contributed by atoms with van der Waals surface area (Å²) in [5.74, 6) is -0.195. The van der Waals surface area contributed by atoms with Gasteiger partial charge in [0.1, 0.15) is 0 Å². The van der Waals surface area contributed by atoms with Crippen LogP contribution in [-0.4, -0.2) is 28.8 Å². The largest absolute Gasteiger partial charge is 0.336 e. The first-order chi connectivity index (χ1) is 10.4. The summed E-state index contributed by atoms with van der Waals surface area (Å²) in [5, 5.41) is 2.86. The Morgan fingerprint density at radius 2 is 1.83 bits per heavy atom. The fourth-order valence-electron chi connectivity index (χ4n) is 2.27. The highest BCUT2D eigenvalue weighted by Crippen LogP contribution is 2.28. The van der Waals surface area contributed by atoms with Crippen molar-refractivity contribution in [3.63, 3.8) is 0 Å². The lowest BCUT2D eigenvalue weighted by atomic mass is 10.0. The molecule has 0 bridgehead atoms. The topological polar surface area (TPSA) is 75.4 Å². The smallest absolute Gasteiger partial charge is 0.228 e. The molecular weight excluding hydrogens is 314 g/mol. The van der Waals surface area contributed by atoms with Crippen LogP contribution in [0.2, 0.25) is 0 Å². The molecule has 2 amide bonds. The van der Waals surface area contributed by atoms with Gasteiger partial charge in [-0.3, -0.25) is 9.59 Å². The third-order valence-corrected chi connectivity index (χ3v) is 4.17. The second kappa shape index (κ2) is 8.31. The average Bonchev–Trinajstić information content (AvgIpc) is 3.29. The zero-order valence-corrected chi connectivity index (χ0v) is 14.7. The molecule has 6 heteroatoms. The zero-order chi connectivity index (χ0) is 16.3. The second-order valence-electron chi connectivity index (χ2n) is 6.21. The number of benzene rings is 1. The minimum atomic E-state index is -0.234. The van der Waals surface area contributed by atoms with Gasteiger partial charge in [-0.15, -0.1) is 12.4 Å². The van der Waals surface area contributed by atoms with Crippen LogP contribution in [0.25, 0.3) is 0 Å². The van der Waals surface area contributed by atoms with Crippen LogP contribution in [0, 0.1) is 5.92 Å². The number of rotatable bonds is 6. The molecule has 3 N–H and O–H groups in total. The number of halogens is 1. The number of hydrogen-bond acceptors (Lipinski definition) is 3. The van der Waals surface area contributed by atoms with E-state index in [1.807, 2.05) is 43.0 Å². The molecule has 2 atom stereocenters. The Bertz CT molecular complexity index is 541. The Hall–Kier alpha value is -1.59. The van der Waals surface area contributed by atoms with Crippen LogP contribution >= 0.6 is 12.4 Å². The molecule has 23 heavy (non-hydrogen) atoms. The first-order valence-corrected chi connectivity index (χ1v) is 7.81. The number of carbonyl (C=O) groups is 2. The van der Waals surface area contributed by atoms with Gasteiger partial charge in [0.15, 0.2) is 0 Å². The lowest BCUT2D eigenvalue weighted by Crippen LogP contribution is -2.34. The molecule has 128 valence electrons. The number of nitrogens with two attached hydrogens (primary N) is 1. The van der Waals surface area contributed by atoms with E-state index in [1.165, 1.54) is 0 Å². The van der Waals surface area contributed by atoms with E-state index in [9.17, 15) is 9.59 Å². The zero-order valence-electron chi connectivity index (χ0n) is 13.9. The number of nitrogens with one attached hydrogen (secondary N) is 1. The molecule has 0 radical (unpaired) electrons. The number of amides is 2. The molecule has 1 aliphatic rings. The van der Waals surface area contributed by atoms with Crippen LogP contribution in [0.4, 0.5) is 5.69 Å².